The number of nitrogens with zero attached hydrogens (tertiary/aromatic N) is 2. The topological polar surface area (TPSA) is 136 Å². The number of rotatable bonds is 7. The van der Waals surface area contributed by atoms with E-state index in [2.05, 4.69) is 36.5 Å². The summed E-state index contributed by atoms with van der Waals surface area (Å²) in [6.07, 6.45) is 1.29. The van der Waals surface area contributed by atoms with Gasteiger partial charge in [-0.3, -0.25) is 9.59 Å². The predicted molar refractivity (Wildman–Crippen MR) is 110 cm³/mol. The first kappa shape index (κ1) is 19.3. The molecule has 9 heteroatoms. The summed E-state index contributed by atoms with van der Waals surface area (Å²) in [5.74, 6) is -0.941. The Morgan fingerprint density at radius 2 is 1.79 bits per heavy atom. The molecular weight excluding hydrogens is 424 g/mol. The fraction of sp³-hybridized carbons (Fsp3) is 0.0526. The zero-order valence-corrected chi connectivity index (χ0v) is 16.2. The Balaban J connectivity index is 1.93. The normalized spacial score (nSPS) is 11.5. The molecule has 6 N–H and O–H groups in total. The fourth-order valence-electron chi connectivity index (χ4n) is 2.52. The first-order valence-corrected chi connectivity index (χ1v) is 9.03. The summed E-state index contributed by atoms with van der Waals surface area (Å²) < 4.78 is 0.850. The van der Waals surface area contributed by atoms with Crippen molar-refractivity contribution < 1.29 is 9.59 Å². The molecule has 3 rings (SSSR count). The van der Waals surface area contributed by atoms with Crippen LogP contribution in [0, 0.1) is 0 Å². The average molecular weight is 441 g/mol. The number of carbonyl (C=O) groups excluding carboxylic acids is 2. The molecule has 1 heterocycles. The molecule has 0 aliphatic carbocycles. The number of benzene rings is 2. The summed E-state index contributed by atoms with van der Waals surface area (Å²) in [7, 11) is 0. The Labute approximate surface area is 169 Å². The third-order valence-electron chi connectivity index (χ3n) is 3.83. The molecule has 0 aliphatic rings. The van der Waals surface area contributed by atoms with E-state index in [-0.39, 0.29) is 17.3 Å². The van der Waals surface area contributed by atoms with Crippen molar-refractivity contribution in [1.82, 2.24) is 9.97 Å². The highest BCUT2D eigenvalue weighted by Gasteiger charge is 2.20. The van der Waals surface area contributed by atoms with Gasteiger partial charge in [0.25, 0.3) is 5.91 Å². The van der Waals surface area contributed by atoms with E-state index in [1.807, 2.05) is 24.3 Å². The number of nitrogens with two attached hydrogens (primary N) is 2. The molecule has 1 atom stereocenters. The van der Waals surface area contributed by atoms with Crippen molar-refractivity contribution in [2.45, 2.75) is 6.04 Å². The molecule has 8 nitrogen and oxygen atoms in total. The van der Waals surface area contributed by atoms with Gasteiger partial charge in [-0.1, -0.05) is 52.3 Å². The summed E-state index contributed by atoms with van der Waals surface area (Å²) in [6, 6.07) is 15.4. The van der Waals surface area contributed by atoms with Gasteiger partial charge in [0.2, 0.25) is 11.9 Å². The summed E-state index contributed by atoms with van der Waals surface area (Å²) in [6.45, 7) is 0. The van der Waals surface area contributed by atoms with Crippen LogP contribution in [-0.4, -0.2) is 21.8 Å². The smallest absolute Gasteiger partial charge is 0.254 e. The van der Waals surface area contributed by atoms with E-state index in [1.54, 1.807) is 30.3 Å². The lowest BCUT2D eigenvalue weighted by molar-refractivity contribution is -0.118. The standard InChI is InChI=1S/C19H17BrN6O2/c20-12-7-4-8-13(9-12)24-18-14(16(21)27)10-23-19(26-18)25-15(17(22)28)11-5-2-1-3-6-11/h1-10,15H,(H2,21,27)(H2,22,28)(H2,23,24,25,26)/t15-/m1/s1. The molecule has 0 fully saturated rings. The van der Waals surface area contributed by atoms with Crippen molar-refractivity contribution in [2.75, 3.05) is 10.6 Å². The number of hydrogen-bond donors (Lipinski definition) is 4. The van der Waals surface area contributed by atoms with Crippen LogP contribution < -0.4 is 22.1 Å². The largest absolute Gasteiger partial charge is 0.368 e. The van der Waals surface area contributed by atoms with E-state index in [1.165, 1.54) is 6.20 Å². The molecule has 0 radical (unpaired) electrons. The Morgan fingerprint density at radius 3 is 2.43 bits per heavy atom. The predicted octanol–water partition coefficient (Wildman–Crippen LogP) is 2.72. The van der Waals surface area contributed by atoms with Crippen LogP contribution in [0.3, 0.4) is 0 Å². The van der Waals surface area contributed by atoms with Gasteiger partial charge in [-0.2, -0.15) is 4.98 Å². The van der Waals surface area contributed by atoms with Gasteiger partial charge >= 0.3 is 0 Å². The number of aromatic nitrogens is 2. The highest BCUT2D eigenvalue weighted by molar-refractivity contribution is 9.10. The number of carbonyl (C=O) groups is 2. The third-order valence-corrected chi connectivity index (χ3v) is 4.33. The van der Waals surface area contributed by atoms with E-state index in [0.717, 1.165) is 4.47 Å². The van der Waals surface area contributed by atoms with Crippen molar-refractivity contribution in [2.24, 2.45) is 11.5 Å². The maximum atomic E-state index is 11.9. The maximum absolute atomic E-state index is 11.9. The lowest BCUT2D eigenvalue weighted by Gasteiger charge is -2.17. The number of amides is 2. The fourth-order valence-corrected chi connectivity index (χ4v) is 2.92. The molecule has 28 heavy (non-hydrogen) atoms. The minimum atomic E-state index is -0.834. The lowest BCUT2D eigenvalue weighted by atomic mass is 10.1. The molecule has 0 unspecified atom stereocenters. The van der Waals surface area contributed by atoms with Gasteiger partial charge in [-0.05, 0) is 23.8 Å². The van der Waals surface area contributed by atoms with Gasteiger partial charge in [0, 0.05) is 16.4 Å². The van der Waals surface area contributed by atoms with Gasteiger partial charge in [0.05, 0.1) is 0 Å². The number of nitrogens with one attached hydrogen (secondary N) is 2. The van der Waals surface area contributed by atoms with E-state index in [0.29, 0.717) is 11.3 Å². The van der Waals surface area contributed by atoms with Crippen molar-refractivity contribution >= 4 is 45.2 Å². The second-order valence-corrected chi connectivity index (χ2v) is 6.76. The van der Waals surface area contributed by atoms with Crippen LogP contribution >= 0.6 is 15.9 Å². The molecular formula is C19H17BrN6O2. The molecule has 0 saturated heterocycles. The lowest BCUT2D eigenvalue weighted by Crippen LogP contribution is -2.28. The summed E-state index contributed by atoms with van der Waals surface area (Å²) >= 11 is 3.38. The molecule has 3 aromatic rings. The van der Waals surface area contributed by atoms with Crippen molar-refractivity contribution in [3.05, 3.63) is 76.4 Å². The summed E-state index contributed by atoms with van der Waals surface area (Å²) in [5, 5.41) is 5.94. The van der Waals surface area contributed by atoms with E-state index < -0.39 is 17.9 Å². The van der Waals surface area contributed by atoms with Gasteiger partial charge in [0.1, 0.15) is 17.4 Å². The van der Waals surface area contributed by atoms with E-state index >= 15 is 0 Å². The Morgan fingerprint density at radius 1 is 1.04 bits per heavy atom. The second-order valence-electron chi connectivity index (χ2n) is 5.85. The van der Waals surface area contributed by atoms with Crippen LogP contribution in [-0.2, 0) is 4.79 Å². The monoisotopic (exact) mass is 440 g/mol. The van der Waals surface area contributed by atoms with Gasteiger partial charge < -0.3 is 22.1 Å². The number of hydrogen-bond acceptors (Lipinski definition) is 6. The van der Waals surface area contributed by atoms with Crippen molar-refractivity contribution in [3.8, 4) is 0 Å². The van der Waals surface area contributed by atoms with Crippen LogP contribution in [0.25, 0.3) is 0 Å². The van der Waals surface area contributed by atoms with Crippen LogP contribution in [0.5, 0.6) is 0 Å². The second kappa shape index (κ2) is 8.49. The van der Waals surface area contributed by atoms with E-state index in [4.69, 9.17) is 11.5 Å². The SMILES string of the molecule is NC(=O)c1cnc(N[C@@H](C(N)=O)c2ccccc2)nc1Nc1cccc(Br)c1. The molecule has 1 aromatic heterocycles. The Kier molecular flexibility index (Phi) is 5.85. The van der Waals surface area contributed by atoms with Crippen LogP contribution in [0.15, 0.2) is 65.3 Å². The molecule has 0 spiro atoms. The number of anilines is 3. The van der Waals surface area contributed by atoms with Gasteiger partial charge in [-0.25, -0.2) is 4.98 Å². The Hall–Kier alpha value is -3.46. The third kappa shape index (κ3) is 4.63. The Bertz CT molecular complexity index is 1010. The molecule has 142 valence electrons. The van der Waals surface area contributed by atoms with Gasteiger partial charge in [0.15, 0.2) is 0 Å². The van der Waals surface area contributed by atoms with Crippen molar-refractivity contribution in [1.29, 1.82) is 0 Å². The summed E-state index contributed by atoms with van der Waals surface area (Å²) in [5.41, 5.74) is 12.4. The minimum absolute atomic E-state index is 0.112. The number of primary amides is 2. The van der Waals surface area contributed by atoms with Crippen LogP contribution in [0.1, 0.15) is 22.0 Å². The molecule has 2 aromatic carbocycles. The van der Waals surface area contributed by atoms with Gasteiger partial charge in [-0.15, -0.1) is 0 Å². The quantitative estimate of drug-likeness (QED) is 0.445. The molecule has 0 saturated carbocycles. The van der Waals surface area contributed by atoms with Crippen LogP contribution in [0.2, 0.25) is 0 Å². The first-order chi connectivity index (χ1) is 13.4. The highest BCUT2D eigenvalue weighted by atomic mass is 79.9. The zero-order chi connectivity index (χ0) is 20.1. The first-order valence-electron chi connectivity index (χ1n) is 8.24. The van der Waals surface area contributed by atoms with E-state index in [9.17, 15) is 9.59 Å². The summed E-state index contributed by atoms with van der Waals surface area (Å²) in [4.78, 5) is 32.0. The maximum Gasteiger partial charge on any atom is 0.254 e. The minimum Gasteiger partial charge on any atom is -0.368 e. The van der Waals surface area contributed by atoms with Crippen molar-refractivity contribution in [3.63, 3.8) is 0 Å². The molecule has 2 amide bonds. The average Bonchev–Trinajstić information content (AvgIpc) is 2.66. The number of halogens is 1. The molecule has 0 aliphatic heterocycles. The zero-order valence-electron chi connectivity index (χ0n) is 14.6. The highest BCUT2D eigenvalue weighted by Crippen LogP contribution is 2.24. The molecule has 0 bridgehead atoms. The van der Waals surface area contributed by atoms with Crippen LogP contribution in [0.4, 0.5) is 17.5 Å².